The van der Waals surface area contributed by atoms with Crippen LogP contribution in [0, 0.1) is 12.3 Å². The number of aryl methyl sites for hydroxylation is 1. The third-order valence-corrected chi connectivity index (χ3v) is 5.84. The van der Waals surface area contributed by atoms with Gasteiger partial charge in [-0.25, -0.2) is 4.98 Å². The topological polar surface area (TPSA) is 98.3 Å². The fourth-order valence-corrected chi connectivity index (χ4v) is 4.11. The van der Waals surface area contributed by atoms with Crippen molar-refractivity contribution in [3.8, 4) is 0 Å². The van der Waals surface area contributed by atoms with Gasteiger partial charge in [-0.3, -0.25) is 5.41 Å². The van der Waals surface area contributed by atoms with Gasteiger partial charge >= 0.3 is 0 Å². The predicted molar refractivity (Wildman–Crippen MR) is 124 cm³/mol. The van der Waals surface area contributed by atoms with Gasteiger partial charge in [0.15, 0.2) is 5.82 Å². The van der Waals surface area contributed by atoms with Gasteiger partial charge in [-0.15, -0.1) is 0 Å². The van der Waals surface area contributed by atoms with E-state index in [0.717, 1.165) is 63.2 Å². The Morgan fingerprint density at radius 3 is 2.74 bits per heavy atom. The molecule has 1 aromatic heterocycles. The van der Waals surface area contributed by atoms with Crippen molar-refractivity contribution in [1.82, 2.24) is 9.97 Å². The molecule has 0 spiro atoms. The Balaban J connectivity index is 1.36. The van der Waals surface area contributed by atoms with Crippen LogP contribution in [0.2, 0.25) is 0 Å². The maximum Gasteiger partial charge on any atom is 0.234 e. The molecule has 1 saturated carbocycles. The highest BCUT2D eigenvalue weighted by atomic mass is 16.5. The standard InChI is InChI=1S/C23H32N6O2/c1-16-14-18(29-10-12-30-13-11-29)8-9-20(16)27-17(2)28-23-21(25-15-26-23)22(24)31-19-6-4-3-5-7-19/h8-9,14-15,19,24,27-28H,2-7,10-13H2,1H3,(H,25,26). The summed E-state index contributed by atoms with van der Waals surface area (Å²) in [5.74, 6) is 1.23. The van der Waals surface area contributed by atoms with Crippen molar-refractivity contribution in [3.63, 3.8) is 0 Å². The predicted octanol–water partition coefficient (Wildman–Crippen LogP) is 4.22. The Labute approximate surface area is 183 Å². The lowest BCUT2D eigenvalue weighted by molar-refractivity contribution is 0.122. The second kappa shape index (κ2) is 9.87. The lowest BCUT2D eigenvalue weighted by atomic mass is 9.98. The van der Waals surface area contributed by atoms with E-state index in [-0.39, 0.29) is 12.0 Å². The average molecular weight is 425 g/mol. The number of aromatic nitrogens is 2. The van der Waals surface area contributed by atoms with Gasteiger partial charge in [0, 0.05) is 24.5 Å². The van der Waals surface area contributed by atoms with E-state index in [1.807, 2.05) is 0 Å². The molecule has 4 rings (SSSR count). The first-order chi connectivity index (χ1) is 15.1. The molecule has 0 amide bonds. The third kappa shape index (κ3) is 5.38. The van der Waals surface area contributed by atoms with Gasteiger partial charge in [0.25, 0.3) is 0 Å². The van der Waals surface area contributed by atoms with Gasteiger partial charge in [0.05, 0.1) is 19.5 Å². The number of aromatic amines is 1. The molecular weight excluding hydrogens is 392 g/mol. The molecule has 1 aromatic carbocycles. The molecule has 0 unspecified atom stereocenters. The highest BCUT2D eigenvalue weighted by Gasteiger charge is 2.20. The summed E-state index contributed by atoms with van der Waals surface area (Å²) in [6.45, 7) is 9.52. The summed E-state index contributed by atoms with van der Waals surface area (Å²) in [7, 11) is 0. The van der Waals surface area contributed by atoms with Crippen molar-refractivity contribution >= 4 is 23.1 Å². The molecule has 166 valence electrons. The van der Waals surface area contributed by atoms with Crippen molar-refractivity contribution in [2.45, 2.75) is 45.1 Å². The van der Waals surface area contributed by atoms with E-state index in [2.05, 4.69) is 57.2 Å². The first-order valence-electron chi connectivity index (χ1n) is 11.1. The van der Waals surface area contributed by atoms with Crippen molar-refractivity contribution in [2.24, 2.45) is 0 Å². The van der Waals surface area contributed by atoms with Crippen LogP contribution in [0.1, 0.15) is 43.4 Å². The molecular formula is C23H32N6O2. The lowest BCUT2D eigenvalue weighted by Crippen LogP contribution is -2.36. The summed E-state index contributed by atoms with van der Waals surface area (Å²) in [4.78, 5) is 9.65. The summed E-state index contributed by atoms with van der Waals surface area (Å²) in [5.41, 5.74) is 3.84. The number of rotatable bonds is 7. The molecule has 1 saturated heterocycles. The highest BCUT2D eigenvalue weighted by molar-refractivity contribution is 5.95. The van der Waals surface area contributed by atoms with Crippen molar-refractivity contribution in [2.75, 3.05) is 41.8 Å². The van der Waals surface area contributed by atoms with E-state index < -0.39 is 0 Å². The smallest absolute Gasteiger partial charge is 0.234 e. The largest absolute Gasteiger partial charge is 0.473 e. The van der Waals surface area contributed by atoms with Crippen LogP contribution in [-0.4, -0.2) is 48.3 Å². The van der Waals surface area contributed by atoms with Gasteiger partial charge in [-0.2, -0.15) is 0 Å². The van der Waals surface area contributed by atoms with Crippen LogP contribution < -0.4 is 15.5 Å². The first kappa shape index (κ1) is 21.2. The number of ether oxygens (including phenoxy) is 2. The SMILES string of the molecule is C=C(Nc1ccc(N2CCOCC2)cc1C)Nc1nc[nH]c1C(=N)OC1CCCCC1. The number of hydrogen-bond donors (Lipinski definition) is 4. The minimum Gasteiger partial charge on any atom is -0.473 e. The number of hydrogen-bond acceptors (Lipinski definition) is 7. The molecule has 8 heteroatoms. The molecule has 1 aliphatic carbocycles. The fourth-order valence-electron chi connectivity index (χ4n) is 4.11. The van der Waals surface area contributed by atoms with E-state index in [0.29, 0.717) is 17.3 Å². The lowest BCUT2D eigenvalue weighted by Gasteiger charge is -2.29. The summed E-state index contributed by atoms with van der Waals surface area (Å²) in [5, 5.41) is 14.8. The summed E-state index contributed by atoms with van der Waals surface area (Å²) in [6, 6.07) is 6.35. The van der Waals surface area contributed by atoms with Crippen LogP contribution in [-0.2, 0) is 9.47 Å². The molecule has 31 heavy (non-hydrogen) atoms. The molecule has 0 radical (unpaired) electrons. The summed E-state index contributed by atoms with van der Waals surface area (Å²) >= 11 is 0. The number of morpholine rings is 1. The molecule has 8 nitrogen and oxygen atoms in total. The van der Waals surface area contributed by atoms with E-state index in [4.69, 9.17) is 14.9 Å². The van der Waals surface area contributed by atoms with E-state index in [1.165, 1.54) is 12.1 Å². The zero-order valence-electron chi connectivity index (χ0n) is 18.2. The van der Waals surface area contributed by atoms with Crippen molar-refractivity contribution < 1.29 is 9.47 Å². The average Bonchev–Trinajstić information content (AvgIpc) is 3.24. The first-order valence-corrected chi connectivity index (χ1v) is 11.1. The Hall–Kier alpha value is -3.00. The molecule has 2 fully saturated rings. The van der Waals surface area contributed by atoms with Crippen LogP contribution in [0.3, 0.4) is 0 Å². The molecule has 2 heterocycles. The quantitative estimate of drug-likeness (QED) is 0.392. The van der Waals surface area contributed by atoms with Crippen LogP contribution in [0.4, 0.5) is 17.2 Å². The molecule has 2 aliphatic rings. The summed E-state index contributed by atoms with van der Waals surface area (Å²) in [6.07, 6.45) is 7.27. The van der Waals surface area contributed by atoms with Gasteiger partial charge in [-0.05, 0) is 56.4 Å². The van der Waals surface area contributed by atoms with Gasteiger partial charge in [0.1, 0.15) is 17.6 Å². The monoisotopic (exact) mass is 424 g/mol. The van der Waals surface area contributed by atoms with Crippen LogP contribution >= 0.6 is 0 Å². The van der Waals surface area contributed by atoms with Crippen LogP contribution in [0.5, 0.6) is 0 Å². The second-order valence-electron chi connectivity index (χ2n) is 8.16. The number of nitrogens with zero attached hydrogens (tertiary/aromatic N) is 2. The number of anilines is 3. The second-order valence-corrected chi connectivity index (χ2v) is 8.16. The van der Waals surface area contributed by atoms with Crippen LogP contribution in [0.25, 0.3) is 0 Å². The van der Waals surface area contributed by atoms with Gasteiger partial charge < -0.3 is 30.0 Å². The number of H-pyrrole nitrogens is 1. The molecule has 0 bridgehead atoms. The molecule has 1 aliphatic heterocycles. The Kier molecular flexibility index (Phi) is 6.76. The molecule has 4 N–H and O–H groups in total. The van der Waals surface area contributed by atoms with Crippen LogP contribution in [0.15, 0.2) is 36.9 Å². The van der Waals surface area contributed by atoms with Gasteiger partial charge in [-0.1, -0.05) is 13.0 Å². The number of imidazole rings is 1. The van der Waals surface area contributed by atoms with Gasteiger partial charge in [0.2, 0.25) is 5.90 Å². The Morgan fingerprint density at radius 2 is 2.00 bits per heavy atom. The van der Waals surface area contributed by atoms with E-state index in [1.54, 1.807) is 6.33 Å². The maximum absolute atomic E-state index is 8.35. The van der Waals surface area contributed by atoms with Crippen molar-refractivity contribution in [3.05, 3.63) is 48.2 Å². The Bertz CT molecular complexity index is 913. The fraction of sp³-hybridized carbons (Fsp3) is 0.478. The van der Waals surface area contributed by atoms with E-state index >= 15 is 0 Å². The maximum atomic E-state index is 8.35. The van der Waals surface area contributed by atoms with Crippen molar-refractivity contribution in [1.29, 1.82) is 5.41 Å². The van der Waals surface area contributed by atoms with E-state index in [9.17, 15) is 0 Å². The zero-order valence-corrected chi connectivity index (χ0v) is 18.2. The highest BCUT2D eigenvalue weighted by Crippen LogP contribution is 2.25. The number of nitrogens with one attached hydrogen (secondary N) is 4. The third-order valence-electron chi connectivity index (χ3n) is 5.84. The Morgan fingerprint density at radius 1 is 1.23 bits per heavy atom. The zero-order chi connectivity index (χ0) is 21.6. The summed E-state index contributed by atoms with van der Waals surface area (Å²) < 4.78 is 11.3. The molecule has 0 atom stereocenters. The minimum absolute atomic E-state index is 0.116. The number of benzene rings is 1. The molecule has 2 aromatic rings. The minimum atomic E-state index is 0.116. The normalized spacial score (nSPS) is 17.3.